The summed E-state index contributed by atoms with van der Waals surface area (Å²) in [6, 6.07) is 13.6. The third kappa shape index (κ3) is 3.33. The zero-order valence-corrected chi connectivity index (χ0v) is 15.8. The minimum atomic E-state index is -0.697. The van der Waals surface area contributed by atoms with Crippen LogP contribution >= 0.6 is 0 Å². The first-order chi connectivity index (χ1) is 14.0. The Balaban J connectivity index is 1.70. The number of aromatic nitrogens is 2. The van der Waals surface area contributed by atoms with Crippen molar-refractivity contribution in [2.75, 3.05) is 7.05 Å². The van der Waals surface area contributed by atoms with E-state index in [1.807, 2.05) is 24.3 Å². The summed E-state index contributed by atoms with van der Waals surface area (Å²) in [4.78, 5) is 54.7. The number of H-pyrrole nitrogens is 1. The van der Waals surface area contributed by atoms with Crippen molar-refractivity contribution >= 4 is 22.7 Å². The van der Waals surface area contributed by atoms with Gasteiger partial charge < -0.3 is 15.2 Å². The van der Waals surface area contributed by atoms with Crippen LogP contribution in [0.25, 0.3) is 10.9 Å². The number of hydrogen-bond donors (Lipinski definition) is 2. The van der Waals surface area contributed by atoms with E-state index in [-0.39, 0.29) is 12.5 Å². The van der Waals surface area contributed by atoms with Crippen LogP contribution in [0.4, 0.5) is 0 Å². The SMILES string of the molecule is CNC(=O)[C@@H]1Cc2ccccc2CN1C(=O)Cn1c(=O)[nH]c2ccccc2c1=O. The highest BCUT2D eigenvalue weighted by atomic mass is 16.2. The molecule has 2 N–H and O–H groups in total. The van der Waals surface area contributed by atoms with Crippen molar-refractivity contribution < 1.29 is 9.59 Å². The van der Waals surface area contributed by atoms with E-state index in [2.05, 4.69) is 10.3 Å². The summed E-state index contributed by atoms with van der Waals surface area (Å²) < 4.78 is 0.881. The predicted molar refractivity (Wildman–Crippen MR) is 107 cm³/mol. The molecule has 0 bridgehead atoms. The maximum absolute atomic E-state index is 13.1. The second-order valence-electron chi connectivity index (χ2n) is 6.99. The summed E-state index contributed by atoms with van der Waals surface area (Å²) in [5, 5.41) is 2.92. The molecule has 0 aliphatic carbocycles. The van der Waals surface area contributed by atoms with E-state index in [0.29, 0.717) is 17.3 Å². The molecule has 1 atom stereocenters. The van der Waals surface area contributed by atoms with Crippen molar-refractivity contribution in [3.63, 3.8) is 0 Å². The van der Waals surface area contributed by atoms with Gasteiger partial charge >= 0.3 is 5.69 Å². The third-order valence-electron chi connectivity index (χ3n) is 5.30. The summed E-state index contributed by atoms with van der Waals surface area (Å²) >= 11 is 0. The fourth-order valence-corrected chi connectivity index (χ4v) is 3.75. The molecular formula is C21H20N4O4. The quantitative estimate of drug-likeness (QED) is 0.673. The van der Waals surface area contributed by atoms with Crippen LogP contribution in [0.1, 0.15) is 11.1 Å². The summed E-state index contributed by atoms with van der Waals surface area (Å²) in [6.07, 6.45) is 0.380. The molecule has 148 valence electrons. The van der Waals surface area contributed by atoms with E-state index in [1.165, 1.54) is 11.9 Å². The predicted octanol–water partition coefficient (Wildman–Crippen LogP) is 0.389. The van der Waals surface area contributed by atoms with Gasteiger partial charge in [0.15, 0.2) is 0 Å². The number of nitrogens with zero attached hydrogens (tertiary/aromatic N) is 2. The minimum Gasteiger partial charge on any atom is -0.357 e. The lowest BCUT2D eigenvalue weighted by molar-refractivity contribution is -0.142. The molecule has 0 saturated heterocycles. The maximum Gasteiger partial charge on any atom is 0.329 e. The molecule has 0 saturated carbocycles. The lowest BCUT2D eigenvalue weighted by Gasteiger charge is -2.35. The number of amides is 2. The molecule has 0 spiro atoms. The molecule has 8 heteroatoms. The molecular weight excluding hydrogens is 372 g/mol. The van der Waals surface area contributed by atoms with Crippen molar-refractivity contribution in [2.45, 2.75) is 25.6 Å². The number of hydrogen-bond acceptors (Lipinski definition) is 4. The van der Waals surface area contributed by atoms with Crippen LogP contribution in [0.5, 0.6) is 0 Å². The molecule has 1 aliphatic heterocycles. The highest BCUT2D eigenvalue weighted by Crippen LogP contribution is 2.23. The third-order valence-corrected chi connectivity index (χ3v) is 5.30. The normalized spacial score (nSPS) is 15.8. The van der Waals surface area contributed by atoms with Gasteiger partial charge in [-0.2, -0.15) is 0 Å². The molecule has 29 heavy (non-hydrogen) atoms. The van der Waals surface area contributed by atoms with Crippen LogP contribution in [0.15, 0.2) is 58.1 Å². The first kappa shape index (κ1) is 18.7. The largest absolute Gasteiger partial charge is 0.357 e. The van der Waals surface area contributed by atoms with Crippen LogP contribution in [-0.2, 0) is 29.1 Å². The topological polar surface area (TPSA) is 104 Å². The number of rotatable bonds is 3. The summed E-state index contributed by atoms with van der Waals surface area (Å²) in [5.41, 5.74) is 1.18. The molecule has 0 unspecified atom stereocenters. The molecule has 2 heterocycles. The molecule has 2 amide bonds. The lowest BCUT2D eigenvalue weighted by atomic mass is 9.93. The Morgan fingerprint density at radius 2 is 1.76 bits per heavy atom. The van der Waals surface area contributed by atoms with Crippen molar-refractivity contribution in [1.29, 1.82) is 0 Å². The number of carbonyl (C=O) groups is 2. The van der Waals surface area contributed by atoms with Gasteiger partial charge in [0, 0.05) is 20.0 Å². The molecule has 0 radical (unpaired) electrons. The van der Waals surface area contributed by atoms with Gasteiger partial charge in [0.05, 0.1) is 10.9 Å². The minimum absolute atomic E-state index is 0.243. The van der Waals surface area contributed by atoms with E-state index < -0.39 is 29.7 Å². The van der Waals surface area contributed by atoms with Gasteiger partial charge in [0.2, 0.25) is 11.8 Å². The van der Waals surface area contributed by atoms with Crippen molar-refractivity contribution in [2.24, 2.45) is 0 Å². The number of carbonyl (C=O) groups excluding carboxylic acids is 2. The van der Waals surface area contributed by atoms with Crippen molar-refractivity contribution in [1.82, 2.24) is 19.8 Å². The summed E-state index contributed by atoms with van der Waals surface area (Å²) in [5.74, 6) is -0.747. The molecule has 8 nitrogen and oxygen atoms in total. The Kier molecular flexibility index (Phi) is 4.75. The Bertz CT molecular complexity index is 1230. The van der Waals surface area contributed by atoms with Gasteiger partial charge in [0.25, 0.3) is 5.56 Å². The lowest BCUT2D eigenvalue weighted by Crippen LogP contribution is -2.53. The first-order valence-corrected chi connectivity index (χ1v) is 9.29. The van der Waals surface area contributed by atoms with Crippen LogP contribution in [0.2, 0.25) is 0 Å². The van der Waals surface area contributed by atoms with Gasteiger partial charge in [0.1, 0.15) is 12.6 Å². The van der Waals surface area contributed by atoms with Crippen molar-refractivity contribution in [3.8, 4) is 0 Å². The summed E-state index contributed by atoms with van der Waals surface area (Å²) in [6.45, 7) is -0.192. The van der Waals surface area contributed by atoms with Gasteiger partial charge in [-0.25, -0.2) is 4.79 Å². The number of benzene rings is 2. The average Bonchev–Trinajstić information content (AvgIpc) is 2.75. The Morgan fingerprint density at radius 3 is 2.52 bits per heavy atom. The van der Waals surface area contributed by atoms with Gasteiger partial charge in [-0.3, -0.25) is 19.0 Å². The zero-order valence-electron chi connectivity index (χ0n) is 15.8. The van der Waals surface area contributed by atoms with Gasteiger partial charge in [-0.05, 0) is 23.3 Å². The van der Waals surface area contributed by atoms with E-state index in [0.717, 1.165) is 15.7 Å². The Labute approximate surface area is 165 Å². The molecule has 1 aliphatic rings. The first-order valence-electron chi connectivity index (χ1n) is 9.29. The van der Waals surface area contributed by atoms with Crippen LogP contribution in [0.3, 0.4) is 0 Å². The van der Waals surface area contributed by atoms with Crippen LogP contribution < -0.4 is 16.6 Å². The number of aromatic amines is 1. The average molecular weight is 392 g/mol. The summed E-state index contributed by atoms with van der Waals surface area (Å²) in [7, 11) is 1.52. The molecule has 0 fully saturated rings. The fourth-order valence-electron chi connectivity index (χ4n) is 3.75. The highest BCUT2D eigenvalue weighted by molar-refractivity contribution is 5.88. The standard InChI is InChI=1S/C21H20N4O4/c1-22-19(27)17-10-13-6-2-3-7-14(13)11-24(17)18(26)12-25-20(28)15-8-4-5-9-16(15)23-21(25)29/h2-9,17H,10-12H2,1H3,(H,22,27)(H,23,29)/t17-/m0/s1. The van der Waals surface area contributed by atoms with E-state index in [4.69, 9.17) is 0 Å². The van der Waals surface area contributed by atoms with Crippen LogP contribution in [0, 0.1) is 0 Å². The van der Waals surface area contributed by atoms with Gasteiger partial charge in [-0.1, -0.05) is 36.4 Å². The molecule has 4 rings (SSSR count). The number of fused-ring (bicyclic) bond motifs is 2. The number of para-hydroxylation sites is 1. The Morgan fingerprint density at radius 1 is 1.07 bits per heavy atom. The molecule has 3 aromatic rings. The van der Waals surface area contributed by atoms with Crippen LogP contribution in [-0.4, -0.2) is 39.4 Å². The highest BCUT2D eigenvalue weighted by Gasteiger charge is 2.34. The number of nitrogens with one attached hydrogen (secondary N) is 2. The Hall–Kier alpha value is -3.68. The van der Waals surface area contributed by atoms with Crippen molar-refractivity contribution in [3.05, 3.63) is 80.5 Å². The molecule has 1 aromatic heterocycles. The van der Waals surface area contributed by atoms with E-state index in [9.17, 15) is 19.2 Å². The smallest absolute Gasteiger partial charge is 0.329 e. The van der Waals surface area contributed by atoms with E-state index >= 15 is 0 Å². The van der Waals surface area contributed by atoms with Gasteiger partial charge in [-0.15, -0.1) is 0 Å². The zero-order chi connectivity index (χ0) is 20.5. The fraction of sp³-hybridized carbons (Fsp3) is 0.238. The monoisotopic (exact) mass is 392 g/mol. The van der Waals surface area contributed by atoms with E-state index in [1.54, 1.807) is 24.3 Å². The maximum atomic E-state index is 13.1. The second kappa shape index (κ2) is 7.38. The number of likely N-dealkylation sites (N-methyl/N-ethyl adjacent to an activating group) is 1. The molecule has 2 aromatic carbocycles. The second-order valence-corrected chi connectivity index (χ2v) is 6.99.